The molecule has 22 heavy (non-hydrogen) atoms. The van der Waals surface area contributed by atoms with E-state index in [1.165, 1.54) is 31.2 Å². The molecule has 2 saturated heterocycles. The van der Waals surface area contributed by atoms with Gasteiger partial charge in [0.05, 0.1) is 0 Å². The number of hydrogen-bond acceptors (Lipinski definition) is 1. The smallest absolute Gasteiger partial charge is 0.0239 e. The quantitative estimate of drug-likeness (QED) is 0.793. The van der Waals surface area contributed by atoms with E-state index < -0.39 is 0 Å². The Bertz CT molecular complexity index is 677. The van der Waals surface area contributed by atoms with Gasteiger partial charge in [0.25, 0.3) is 0 Å². The van der Waals surface area contributed by atoms with Gasteiger partial charge in [0, 0.05) is 18.6 Å². The third kappa shape index (κ3) is 1.88. The first-order chi connectivity index (χ1) is 10.9. The lowest BCUT2D eigenvalue weighted by Crippen LogP contribution is -2.46. The minimum absolute atomic E-state index is 0.802. The van der Waals surface area contributed by atoms with Crippen molar-refractivity contribution in [3.63, 3.8) is 0 Å². The number of rotatable bonds is 2. The first kappa shape index (κ1) is 12.9. The maximum Gasteiger partial charge on any atom is 0.0239 e. The van der Waals surface area contributed by atoms with E-state index >= 15 is 0 Å². The Labute approximate surface area is 133 Å². The van der Waals surface area contributed by atoms with Crippen molar-refractivity contribution in [3.05, 3.63) is 71.3 Å². The van der Waals surface area contributed by atoms with E-state index in [0.29, 0.717) is 0 Å². The van der Waals surface area contributed by atoms with Crippen molar-refractivity contribution in [1.29, 1.82) is 0 Å². The van der Waals surface area contributed by atoms with E-state index in [1.807, 2.05) is 0 Å². The highest BCUT2D eigenvalue weighted by atomic mass is 15.2. The SMILES string of the molecule is c1ccc(CN2C3CCC2[C@H]2Cc4ccccc4[C@H]2C3)cc1. The third-order valence-corrected chi connectivity index (χ3v) is 6.35. The molecule has 2 aromatic rings. The van der Waals surface area contributed by atoms with Gasteiger partial charge in [0.2, 0.25) is 0 Å². The molecule has 5 rings (SSSR count). The molecule has 1 aliphatic carbocycles. The molecule has 4 atom stereocenters. The summed E-state index contributed by atoms with van der Waals surface area (Å²) in [7, 11) is 0. The molecule has 112 valence electrons. The summed E-state index contributed by atoms with van der Waals surface area (Å²) in [6.45, 7) is 1.15. The Morgan fingerprint density at radius 1 is 0.909 bits per heavy atom. The largest absolute Gasteiger partial charge is 0.293 e. The van der Waals surface area contributed by atoms with Crippen LogP contribution >= 0.6 is 0 Å². The van der Waals surface area contributed by atoms with E-state index in [9.17, 15) is 0 Å². The van der Waals surface area contributed by atoms with E-state index in [2.05, 4.69) is 59.5 Å². The van der Waals surface area contributed by atoms with Crippen LogP contribution in [0.2, 0.25) is 0 Å². The lowest BCUT2D eigenvalue weighted by molar-refractivity contribution is 0.0740. The highest BCUT2D eigenvalue weighted by Gasteiger charge is 2.49. The fourth-order valence-corrected chi connectivity index (χ4v) is 5.43. The Morgan fingerprint density at radius 2 is 1.73 bits per heavy atom. The van der Waals surface area contributed by atoms with Crippen LogP contribution in [0.15, 0.2) is 54.6 Å². The van der Waals surface area contributed by atoms with E-state index in [1.54, 1.807) is 11.1 Å². The summed E-state index contributed by atoms with van der Waals surface area (Å²) in [5.41, 5.74) is 4.78. The van der Waals surface area contributed by atoms with Crippen LogP contribution in [0.1, 0.15) is 41.9 Å². The predicted octanol–water partition coefficient (Wildman–Crippen LogP) is 4.38. The minimum Gasteiger partial charge on any atom is -0.293 e. The van der Waals surface area contributed by atoms with Crippen molar-refractivity contribution in [3.8, 4) is 0 Å². The summed E-state index contributed by atoms with van der Waals surface area (Å²) in [6.07, 6.45) is 5.51. The van der Waals surface area contributed by atoms with Gasteiger partial charge >= 0.3 is 0 Å². The molecule has 0 saturated carbocycles. The highest BCUT2D eigenvalue weighted by Crippen LogP contribution is 2.52. The summed E-state index contributed by atoms with van der Waals surface area (Å²) in [6, 6.07) is 21.9. The van der Waals surface area contributed by atoms with Crippen LogP contribution in [0.3, 0.4) is 0 Å². The monoisotopic (exact) mass is 289 g/mol. The fourth-order valence-electron chi connectivity index (χ4n) is 5.43. The number of hydrogen-bond donors (Lipinski definition) is 0. The number of piperidine rings is 1. The molecule has 0 N–H and O–H groups in total. The normalized spacial score (nSPS) is 32.7. The molecular weight excluding hydrogens is 266 g/mol. The van der Waals surface area contributed by atoms with E-state index in [0.717, 1.165) is 30.5 Å². The lowest BCUT2D eigenvalue weighted by Gasteiger charge is -2.42. The second-order valence-corrected chi connectivity index (χ2v) is 7.37. The van der Waals surface area contributed by atoms with Crippen LogP contribution in [0, 0.1) is 5.92 Å². The standard InChI is InChI=1S/C21H23N/c1-2-6-15(7-3-1)14-22-17-10-11-21(22)20-12-16-8-4-5-9-18(16)19(20)13-17/h1-9,17,19-21H,10-14H2/t17?,19-,20+,21?/m1/s1. The molecule has 2 unspecified atom stereocenters. The second-order valence-electron chi connectivity index (χ2n) is 7.37. The van der Waals surface area contributed by atoms with Gasteiger partial charge < -0.3 is 0 Å². The molecule has 0 aromatic heterocycles. The first-order valence-corrected chi connectivity index (χ1v) is 8.77. The molecule has 1 nitrogen and oxygen atoms in total. The maximum absolute atomic E-state index is 2.84. The first-order valence-electron chi connectivity index (χ1n) is 8.77. The van der Waals surface area contributed by atoms with Crippen LogP contribution in [-0.4, -0.2) is 17.0 Å². The molecule has 0 spiro atoms. The Kier molecular flexibility index (Phi) is 2.91. The molecular formula is C21H23N. The minimum atomic E-state index is 0.802. The Balaban J connectivity index is 1.44. The van der Waals surface area contributed by atoms with Crippen LogP contribution in [-0.2, 0) is 13.0 Å². The van der Waals surface area contributed by atoms with Crippen LogP contribution in [0.5, 0.6) is 0 Å². The molecule has 3 aliphatic rings. The molecule has 2 aliphatic heterocycles. The molecule has 2 fully saturated rings. The van der Waals surface area contributed by atoms with Gasteiger partial charge in [-0.25, -0.2) is 0 Å². The number of nitrogens with zero attached hydrogens (tertiary/aromatic N) is 1. The third-order valence-electron chi connectivity index (χ3n) is 6.35. The van der Waals surface area contributed by atoms with Gasteiger partial charge in [0.1, 0.15) is 0 Å². The summed E-state index contributed by atoms with van der Waals surface area (Å²) in [5, 5.41) is 0. The zero-order valence-corrected chi connectivity index (χ0v) is 13.0. The molecule has 2 bridgehead atoms. The van der Waals surface area contributed by atoms with Crippen molar-refractivity contribution in [2.75, 3.05) is 0 Å². The van der Waals surface area contributed by atoms with Gasteiger partial charge in [-0.2, -0.15) is 0 Å². The van der Waals surface area contributed by atoms with Gasteiger partial charge in [-0.1, -0.05) is 54.6 Å². The second kappa shape index (κ2) is 4.96. The average Bonchev–Trinajstić information content (AvgIpc) is 3.06. The van der Waals surface area contributed by atoms with Gasteiger partial charge in [-0.05, 0) is 54.2 Å². The van der Waals surface area contributed by atoms with Crippen molar-refractivity contribution >= 4 is 0 Å². The summed E-state index contributed by atoms with van der Waals surface area (Å²) >= 11 is 0. The predicted molar refractivity (Wildman–Crippen MR) is 89.8 cm³/mol. The van der Waals surface area contributed by atoms with Crippen LogP contribution < -0.4 is 0 Å². The van der Waals surface area contributed by atoms with E-state index in [4.69, 9.17) is 0 Å². The van der Waals surface area contributed by atoms with Crippen molar-refractivity contribution in [2.24, 2.45) is 5.92 Å². The van der Waals surface area contributed by atoms with Crippen molar-refractivity contribution in [2.45, 2.75) is 50.2 Å². The van der Waals surface area contributed by atoms with Gasteiger partial charge in [-0.3, -0.25) is 4.90 Å². The van der Waals surface area contributed by atoms with Crippen molar-refractivity contribution < 1.29 is 0 Å². The zero-order chi connectivity index (χ0) is 14.5. The molecule has 2 aromatic carbocycles. The van der Waals surface area contributed by atoms with E-state index in [-0.39, 0.29) is 0 Å². The van der Waals surface area contributed by atoms with Gasteiger partial charge in [-0.15, -0.1) is 0 Å². The molecule has 2 heterocycles. The number of benzene rings is 2. The average molecular weight is 289 g/mol. The fraction of sp³-hybridized carbons (Fsp3) is 0.429. The summed E-state index contributed by atoms with van der Waals surface area (Å²) in [4.78, 5) is 2.84. The molecule has 0 radical (unpaired) electrons. The van der Waals surface area contributed by atoms with Crippen LogP contribution in [0.25, 0.3) is 0 Å². The molecule has 1 heteroatoms. The number of fused-ring (bicyclic) bond motifs is 6. The maximum atomic E-state index is 2.84. The van der Waals surface area contributed by atoms with Gasteiger partial charge in [0.15, 0.2) is 0 Å². The zero-order valence-electron chi connectivity index (χ0n) is 13.0. The van der Waals surface area contributed by atoms with Crippen molar-refractivity contribution in [1.82, 2.24) is 4.90 Å². The summed E-state index contributed by atoms with van der Waals surface area (Å²) < 4.78 is 0. The Hall–Kier alpha value is -1.60. The highest BCUT2D eigenvalue weighted by molar-refractivity contribution is 5.38. The lowest BCUT2D eigenvalue weighted by atomic mass is 9.80. The van der Waals surface area contributed by atoms with Crippen LogP contribution in [0.4, 0.5) is 0 Å². The molecule has 0 amide bonds. The topological polar surface area (TPSA) is 3.24 Å². The summed E-state index contributed by atoms with van der Waals surface area (Å²) in [5.74, 6) is 1.69. The Morgan fingerprint density at radius 3 is 2.64 bits per heavy atom.